The maximum atomic E-state index is 12.4. The minimum absolute atomic E-state index is 0.173. The van der Waals surface area contributed by atoms with E-state index in [-0.39, 0.29) is 19.2 Å². The molecule has 0 aliphatic carbocycles. The lowest BCUT2D eigenvalue weighted by atomic mass is 10.2. The molecule has 0 atom stereocenters. The molecule has 1 aromatic rings. The summed E-state index contributed by atoms with van der Waals surface area (Å²) >= 11 is 9.73. The van der Waals surface area contributed by atoms with Gasteiger partial charge in [0.1, 0.15) is 10.9 Å². The van der Waals surface area contributed by atoms with E-state index in [4.69, 9.17) is 21.7 Å². The van der Waals surface area contributed by atoms with Crippen LogP contribution in [-0.2, 0) is 14.3 Å². The number of ether oxygens (including phenoxy) is 3. The van der Waals surface area contributed by atoms with Gasteiger partial charge in [0.2, 0.25) is 6.79 Å². The van der Waals surface area contributed by atoms with E-state index < -0.39 is 5.97 Å². The Kier molecular flexibility index (Phi) is 4.60. The fourth-order valence-corrected chi connectivity index (χ4v) is 3.70. The van der Waals surface area contributed by atoms with Crippen molar-refractivity contribution < 1.29 is 23.8 Å². The highest BCUT2D eigenvalue weighted by atomic mass is 79.9. The minimum Gasteiger partial charge on any atom is -0.468 e. The molecule has 0 spiro atoms. The van der Waals surface area contributed by atoms with E-state index >= 15 is 0 Å². The van der Waals surface area contributed by atoms with E-state index in [0.717, 1.165) is 21.8 Å². The van der Waals surface area contributed by atoms with Crippen LogP contribution in [0.25, 0.3) is 6.08 Å². The average Bonchev–Trinajstić information content (AvgIpc) is 3.07. The van der Waals surface area contributed by atoms with Crippen LogP contribution < -0.4 is 9.47 Å². The Bertz CT molecular complexity index is 749. The van der Waals surface area contributed by atoms with E-state index in [9.17, 15) is 9.59 Å². The van der Waals surface area contributed by atoms with Gasteiger partial charge in [-0.25, -0.2) is 0 Å². The first kappa shape index (κ1) is 16.3. The maximum absolute atomic E-state index is 12.4. The van der Waals surface area contributed by atoms with Gasteiger partial charge in [-0.2, -0.15) is 0 Å². The number of hydrogen-bond acceptors (Lipinski definition) is 7. The number of halogens is 1. The van der Waals surface area contributed by atoms with Crippen LogP contribution in [0.15, 0.2) is 21.5 Å². The van der Waals surface area contributed by atoms with E-state index in [1.165, 1.54) is 12.0 Å². The zero-order valence-electron chi connectivity index (χ0n) is 11.8. The average molecular weight is 416 g/mol. The van der Waals surface area contributed by atoms with Gasteiger partial charge in [-0.05, 0) is 23.8 Å². The van der Waals surface area contributed by atoms with Crippen LogP contribution in [0.1, 0.15) is 5.56 Å². The number of nitrogens with zero attached hydrogens (tertiary/aromatic N) is 1. The summed E-state index contributed by atoms with van der Waals surface area (Å²) in [5.41, 5.74) is 0.757. The zero-order valence-corrected chi connectivity index (χ0v) is 15.0. The Morgan fingerprint density at radius 2 is 2.17 bits per heavy atom. The Hall–Kier alpha value is -1.58. The highest BCUT2D eigenvalue weighted by Crippen LogP contribution is 2.39. The molecule has 0 bridgehead atoms. The summed E-state index contributed by atoms with van der Waals surface area (Å²) in [5, 5.41) is 0. The summed E-state index contributed by atoms with van der Waals surface area (Å²) < 4.78 is 16.3. The van der Waals surface area contributed by atoms with Crippen molar-refractivity contribution >= 4 is 62.2 Å². The topological polar surface area (TPSA) is 65.1 Å². The molecule has 120 valence electrons. The molecule has 9 heteroatoms. The molecule has 0 saturated carbocycles. The van der Waals surface area contributed by atoms with Crippen LogP contribution in [0.4, 0.5) is 0 Å². The SMILES string of the molecule is COC(=O)CN1C(=O)/C(=C/c2cc3c(cc2Br)OCO3)SC1=S. The molecule has 0 radical (unpaired) electrons. The molecular weight excluding hydrogens is 406 g/mol. The predicted octanol–water partition coefficient (Wildman–Crippen LogP) is 2.55. The van der Waals surface area contributed by atoms with Crippen LogP contribution in [0.5, 0.6) is 11.5 Å². The summed E-state index contributed by atoms with van der Waals surface area (Å²) in [4.78, 5) is 25.4. The number of rotatable bonds is 3. The van der Waals surface area contributed by atoms with Gasteiger partial charge in [-0.15, -0.1) is 0 Å². The van der Waals surface area contributed by atoms with Crippen LogP contribution in [0.2, 0.25) is 0 Å². The van der Waals surface area contributed by atoms with Crippen molar-refractivity contribution in [2.45, 2.75) is 0 Å². The maximum Gasteiger partial charge on any atom is 0.325 e. The molecule has 23 heavy (non-hydrogen) atoms. The standard InChI is InChI=1S/C14H10BrNO5S2/c1-19-12(17)5-16-13(18)11(23-14(16)22)3-7-2-9-10(4-8(7)15)21-6-20-9/h2-4H,5-6H2,1H3/b11-3-. The van der Waals surface area contributed by atoms with Gasteiger partial charge in [0.25, 0.3) is 5.91 Å². The number of amides is 1. The first-order chi connectivity index (χ1) is 11.0. The van der Waals surface area contributed by atoms with Crippen molar-refractivity contribution in [1.29, 1.82) is 0 Å². The van der Waals surface area contributed by atoms with Crippen molar-refractivity contribution in [2.24, 2.45) is 0 Å². The minimum atomic E-state index is -0.521. The smallest absolute Gasteiger partial charge is 0.325 e. The Labute approximate surface area is 149 Å². The molecule has 6 nitrogen and oxygen atoms in total. The first-order valence-electron chi connectivity index (χ1n) is 6.41. The summed E-state index contributed by atoms with van der Waals surface area (Å²) in [6, 6.07) is 3.56. The van der Waals surface area contributed by atoms with Crippen molar-refractivity contribution in [3.63, 3.8) is 0 Å². The Morgan fingerprint density at radius 1 is 1.48 bits per heavy atom. The van der Waals surface area contributed by atoms with Crippen LogP contribution in [0, 0.1) is 0 Å². The quantitative estimate of drug-likeness (QED) is 0.426. The van der Waals surface area contributed by atoms with Gasteiger partial charge in [-0.3, -0.25) is 14.5 Å². The molecule has 0 aromatic heterocycles. The van der Waals surface area contributed by atoms with Gasteiger partial charge in [0.15, 0.2) is 11.5 Å². The third-order valence-electron chi connectivity index (χ3n) is 3.17. The number of fused-ring (bicyclic) bond motifs is 1. The molecule has 1 fully saturated rings. The second-order valence-corrected chi connectivity index (χ2v) is 7.10. The predicted molar refractivity (Wildman–Crippen MR) is 92.2 cm³/mol. The lowest BCUT2D eigenvalue weighted by molar-refractivity contribution is -0.143. The van der Waals surface area contributed by atoms with Crippen molar-refractivity contribution in [2.75, 3.05) is 20.4 Å². The number of benzene rings is 1. The first-order valence-corrected chi connectivity index (χ1v) is 8.42. The van der Waals surface area contributed by atoms with Gasteiger partial charge in [0.05, 0.1) is 12.0 Å². The van der Waals surface area contributed by atoms with E-state index in [2.05, 4.69) is 20.7 Å². The number of esters is 1. The van der Waals surface area contributed by atoms with Crippen LogP contribution >= 0.6 is 39.9 Å². The van der Waals surface area contributed by atoms with E-state index in [0.29, 0.717) is 20.7 Å². The third-order valence-corrected chi connectivity index (χ3v) is 5.23. The molecule has 1 amide bonds. The monoisotopic (exact) mass is 415 g/mol. The summed E-state index contributed by atoms with van der Waals surface area (Å²) in [6.07, 6.45) is 1.70. The third kappa shape index (κ3) is 3.22. The van der Waals surface area contributed by atoms with Gasteiger partial charge in [-0.1, -0.05) is 39.9 Å². The highest BCUT2D eigenvalue weighted by Gasteiger charge is 2.33. The largest absolute Gasteiger partial charge is 0.468 e. The van der Waals surface area contributed by atoms with E-state index in [1.54, 1.807) is 18.2 Å². The lowest BCUT2D eigenvalue weighted by Crippen LogP contribution is -2.33. The second kappa shape index (κ2) is 6.50. The number of thiocarbonyl (C=S) groups is 1. The van der Waals surface area contributed by atoms with Gasteiger partial charge in [0, 0.05) is 4.47 Å². The number of carbonyl (C=O) groups excluding carboxylic acids is 2. The lowest BCUT2D eigenvalue weighted by Gasteiger charge is -2.11. The van der Waals surface area contributed by atoms with Crippen molar-refractivity contribution in [3.8, 4) is 11.5 Å². The zero-order chi connectivity index (χ0) is 16.6. The molecular formula is C14H10BrNO5S2. The Balaban J connectivity index is 1.88. The van der Waals surface area contributed by atoms with Crippen molar-refractivity contribution in [1.82, 2.24) is 4.90 Å². The number of thioether (sulfide) groups is 1. The number of methoxy groups -OCH3 is 1. The number of carbonyl (C=O) groups is 2. The fraction of sp³-hybridized carbons (Fsp3) is 0.214. The summed E-state index contributed by atoms with van der Waals surface area (Å²) in [7, 11) is 1.26. The Morgan fingerprint density at radius 3 is 2.87 bits per heavy atom. The molecule has 1 aromatic carbocycles. The van der Waals surface area contributed by atoms with Gasteiger partial charge < -0.3 is 14.2 Å². The van der Waals surface area contributed by atoms with Crippen LogP contribution in [-0.4, -0.2) is 41.5 Å². The molecule has 2 aliphatic rings. The molecule has 2 heterocycles. The molecule has 3 rings (SSSR count). The molecule has 0 N–H and O–H groups in total. The van der Waals surface area contributed by atoms with Crippen molar-refractivity contribution in [3.05, 3.63) is 27.1 Å². The molecule has 1 saturated heterocycles. The number of hydrogen-bond donors (Lipinski definition) is 0. The fourth-order valence-electron chi connectivity index (χ4n) is 2.01. The normalized spacial score (nSPS) is 18.0. The summed E-state index contributed by atoms with van der Waals surface area (Å²) in [5.74, 6) is 0.415. The van der Waals surface area contributed by atoms with Crippen LogP contribution in [0.3, 0.4) is 0 Å². The highest BCUT2D eigenvalue weighted by molar-refractivity contribution is 9.10. The van der Waals surface area contributed by atoms with Gasteiger partial charge >= 0.3 is 5.97 Å². The van der Waals surface area contributed by atoms with E-state index in [1.807, 2.05) is 0 Å². The summed E-state index contributed by atoms with van der Waals surface area (Å²) in [6.45, 7) is -0.0205. The second-order valence-electron chi connectivity index (χ2n) is 4.57. The molecule has 2 aliphatic heterocycles. The molecule has 0 unspecified atom stereocenters.